The molecule has 1 unspecified atom stereocenters. The first-order valence-corrected chi connectivity index (χ1v) is 7.36. The first-order chi connectivity index (χ1) is 8.22. The van der Waals surface area contributed by atoms with Gasteiger partial charge < -0.3 is 4.90 Å². The summed E-state index contributed by atoms with van der Waals surface area (Å²) >= 11 is 2.25. The van der Waals surface area contributed by atoms with Gasteiger partial charge in [-0.3, -0.25) is 4.79 Å². The van der Waals surface area contributed by atoms with Crippen LogP contribution < -0.4 is 0 Å². The van der Waals surface area contributed by atoms with E-state index < -0.39 is 0 Å². The van der Waals surface area contributed by atoms with Crippen LogP contribution in [0.4, 0.5) is 0 Å². The number of carbonyl (C=O) groups is 1. The zero-order valence-electron chi connectivity index (χ0n) is 10.2. The van der Waals surface area contributed by atoms with Crippen molar-refractivity contribution < 1.29 is 4.79 Å². The van der Waals surface area contributed by atoms with Crippen molar-refractivity contribution in [2.75, 3.05) is 6.54 Å². The summed E-state index contributed by atoms with van der Waals surface area (Å²) in [5.41, 5.74) is 0.831. The Kier molecular flexibility index (Phi) is 4.42. The summed E-state index contributed by atoms with van der Waals surface area (Å²) in [7, 11) is 0. The van der Waals surface area contributed by atoms with Crippen molar-refractivity contribution in [3.05, 3.63) is 33.4 Å². The second kappa shape index (κ2) is 5.85. The Morgan fingerprint density at radius 2 is 2.29 bits per heavy atom. The minimum absolute atomic E-state index is 0.204. The van der Waals surface area contributed by atoms with Gasteiger partial charge in [0.1, 0.15) is 0 Å². The Balaban J connectivity index is 2.18. The summed E-state index contributed by atoms with van der Waals surface area (Å²) in [6.45, 7) is 3.09. The highest BCUT2D eigenvalue weighted by molar-refractivity contribution is 14.1. The van der Waals surface area contributed by atoms with Gasteiger partial charge in [-0.2, -0.15) is 0 Å². The number of amides is 1. The van der Waals surface area contributed by atoms with Crippen LogP contribution in [0, 0.1) is 3.57 Å². The fraction of sp³-hybridized carbons (Fsp3) is 0.500. The Bertz CT molecular complexity index is 405. The molecule has 1 atom stereocenters. The molecule has 0 bridgehead atoms. The van der Waals surface area contributed by atoms with Gasteiger partial charge in [0.05, 0.1) is 0 Å². The first-order valence-electron chi connectivity index (χ1n) is 6.29. The van der Waals surface area contributed by atoms with E-state index in [1.54, 1.807) is 0 Å². The topological polar surface area (TPSA) is 20.3 Å². The van der Waals surface area contributed by atoms with E-state index in [0.717, 1.165) is 34.9 Å². The highest BCUT2D eigenvalue weighted by Crippen LogP contribution is 2.22. The lowest BCUT2D eigenvalue weighted by molar-refractivity contribution is 0.0608. The molecule has 0 N–H and O–H groups in total. The molecule has 17 heavy (non-hydrogen) atoms. The number of likely N-dealkylation sites (tertiary alicyclic amines) is 1. The number of rotatable bonds is 2. The van der Waals surface area contributed by atoms with E-state index in [0.29, 0.717) is 6.04 Å². The molecule has 92 valence electrons. The number of hydrogen-bond donors (Lipinski definition) is 0. The molecule has 1 fully saturated rings. The quantitative estimate of drug-likeness (QED) is 0.750. The zero-order chi connectivity index (χ0) is 12.3. The molecule has 0 spiro atoms. The fourth-order valence-electron chi connectivity index (χ4n) is 2.48. The van der Waals surface area contributed by atoms with Crippen LogP contribution in [0.3, 0.4) is 0 Å². The third-order valence-corrected chi connectivity index (χ3v) is 4.10. The Morgan fingerprint density at radius 3 is 3.00 bits per heavy atom. The summed E-state index contributed by atoms with van der Waals surface area (Å²) in [4.78, 5) is 14.5. The van der Waals surface area contributed by atoms with Crippen molar-refractivity contribution in [3.63, 3.8) is 0 Å². The molecule has 0 saturated carbocycles. The van der Waals surface area contributed by atoms with E-state index in [9.17, 15) is 4.79 Å². The van der Waals surface area contributed by atoms with Gasteiger partial charge in [0.15, 0.2) is 0 Å². The van der Waals surface area contributed by atoms with E-state index in [-0.39, 0.29) is 5.91 Å². The van der Waals surface area contributed by atoms with E-state index >= 15 is 0 Å². The van der Waals surface area contributed by atoms with Gasteiger partial charge in [-0.05, 0) is 66.5 Å². The van der Waals surface area contributed by atoms with Crippen molar-refractivity contribution in [2.24, 2.45) is 0 Å². The molecule has 0 aromatic heterocycles. The average molecular weight is 343 g/mol. The van der Waals surface area contributed by atoms with Crippen LogP contribution in [-0.2, 0) is 0 Å². The predicted octanol–water partition coefficient (Wildman–Crippen LogP) is 3.70. The van der Waals surface area contributed by atoms with E-state index in [1.807, 2.05) is 24.3 Å². The summed E-state index contributed by atoms with van der Waals surface area (Å²) in [5, 5.41) is 0. The van der Waals surface area contributed by atoms with Crippen LogP contribution in [0.2, 0.25) is 0 Å². The molecular formula is C14H18INO. The van der Waals surface area contributed by atoms with E-state index in [1.165, 1.54) is 6.42 Å². The molecule has 1 aromatic rings. The van der Waals surface area contributed by atoms with Crippen LogP contribution in [-0.4, -0.2) is 23.4 Å². The largest absolute Gasteiger partial charge is 0.336 e. The fourth-order valence-corrected chi connectivity index (χ4v) is 3.02. The Morgan fingerprint density at radius 1 is 1.47 bits per heavy atom. The molecular weight excluding hydrogens is 325 g/mol. The number of carbonyl (C=O) groups excluding carboxylic acids is 1. The van der Waals surface area contributed by atoms with Gasteiger partial charge in [-0.25, -0.2) is 0 Å². The number of nitrogens with zero attached hydrogens (tertiary/aromatic N) is 1. The highest BCUT2D eigenvalue weighted by atomic mass is 127. The van der Waals surface area contributed by atoms with Crippen LogP contribution in [0.5, 0.6) is 0 Å². The summed E-state index contributed by atoms with van der Waals surface area (Å²) in [5.74, 6) is 0.204. The maximum atomic E-state index is 12.4. The van der Waals surface area contributed by atoms with E-state index in [4.69, 9.17) is 0 Å². The summed E-state index contributed by atoms with van der Waals surface area (Å²) < 4.78 is 1.12. The van der Waals surface area contributed by atoms with Gasteiger partial charge in [0.2, 0.25) is 0 Å². The molecule has 1 aliphatic rings. The second-order valence-corrected chi connectivity index (χ2v) is 5.81. The van der Waals surface area contributed by atoms with Crippen molar-refractivity contribution in [3.8, 4) is 0 Å². The van der Waals surface area contributed by atoms with Gasteiger partial charge in [-0.15, -0.1) is 0 Å². The van der Waals surface area contributed by atoms with Gasteiger partial charge in [0, 0.05) is 21.7 Å². The monoisotopic (exact) mass is 343 g/mol. The molecule has 2 nitrogen and oxygen atoms in total. The van der Waals surface area contributed by atoms with Crippen LogP contribution >= 0.6 is 22.6 Å². The second-order valence-electron chi connectivity index (χ2n) is 4.57. The third kappa shape index (κ3) is 3.00. The molecule has 0 radical (unpaired) electrons. The SMILES string of the molecule is CCC1CCCCN1C(=O)c1cccc(I)c1. The maximum Gasteiger partial charge on any atom is 0.254 e. The molecule has 1 aromatic carbocycles. The molecule has 0 aliphatic carbocycles. The molecule has 3 heteroatoms. The van der Waals surface area contributed by atoms with Gasteiger partial charge in [-0.1, -0.05) is 13.0 Å². The normalized spacial score (nSPS) is 20.4. The van der Waals surface area contributed by atoms with Crippen molar-refractivity contribution >= 4 is 28.5 Å². The van der Waals surface area contributed by atoms with Crippen molar-refractivity contribution in [1.82, 2.24) is 4.90 Å². The number of benzene rings is 1. The molecule has 2 rings (SSSR count). The minimum atomic E-state index is 0.204. The molecule has 1 aliphatic heterocycles. The Labute approximate surface area is 117 Å². The lowest BCUT2D eigenvalue weighted by Crippen LogP contribution is -2.43. The summed E-state index contributed by atoms with van der Waals surface area (Å²) in [6, 6.07) is 8.31. The first kappa shape index (κ1) is 12.9. The lowest BCUT2D eigenvalue weighted by atomic mass is 9.99. The average Bonchev–Trinajstić information content (AvgIpc) is 2.38. The van der Waals surface area contributed by atoms with Crippen LogP contribution in [0.1, 0.15) is 43.0 Å². The van der Waals surface area contributed by atoms with Gasteiger partial charge >= 0.3 is 0 Å². The lowest BCUT2D eigenvalue weighted by Gasteiger charge is -2.35. The Hall–Kier alpha value is -0.580. The third-order valence-electron chi connectivity index (χ3n) is 3.43. The minimum Gasteiger partial charge on any atom is -0.336 e. The van der Waals surface area contributed by atoms with Gasteiger partial charge in [0.25, 0.3) is 5.91 Å². The number of halogens is 1. The number of piperidine rings is 1. The summed E-state index contributed by atoms with van der Waals surface area (Å²) in [6.07, 6.45) is 4.63. The molecule has 1 saturated heterocycles. The van der Waals surface area contributed by atoms with Crippen LogP contribution in [0.25, 0.3) is 0 Å². The zero-order valence-corrected chi connectivity index (χ0v) is 12.3. The maximum absolute atomic E-state index is 12.4. The standard InChI is InChI=1S/C14H18INO/c1-2-13-8-3-4-9-16(13)14(17)11-6-5-7-12(15)10-11/h5-7,10,13H,2-4,8-9H2,1H3. The highest BCUT2D eigenvalue weighted by Gasteiger charge is 2.25. The van der Waals surface area contributed by atoms with E-state index in [2.05, 4.69) is 34.4 Å². The predicted molar refractivity (Wildman–Crippen MR) is 78.1 cm³/mol. The molecule has 1 amide bonds. The van der Waals surface area contributed by atoms with Crippen LogP contribution in [0.15, 0.2) is 24.3 Å². The smallest absolute Gasteiger partial charge is 0.254 e. The van der Waals surface area contributed by atoms with Crippen molar-refractivity contribution in [1.29, 1.82) is 0 Å². The number of hydrogen-bond acceptors (Lipinski definition) is 1. The molecule has 1 heterocycles. The van der Waals surface area contributed by atoms with Crippen molar-refractivity contribution in [2.45, 2.75) is 38.6 Å².